The largest absolute Gasteiger partial charge is 0.550 e. The molecular formula is C6H7O2-. The van der Waals surface area contributed by atoms with E-state index in [1.165, 1.54) is 0 Å². The number of aliphatic carboxylic acids is 1. The van der Waals surface area contributed by atoms with Gasteiger partial charge in [-0.15, -0.1) is 0 Å². The molecule has 0 fully saturated rings. The molecule has 1 unspecified atom stereocenters. The minimum Gasteiger partial charge on any atom is -0.550 e. The van der Waals surface area contributed by atoms with Gasteiger partial charge in [0.05, 0.1) is 0 Å². The maximum atomic E-state index is 10.0. The van der Waals surface area contributed by atoms with Crippen LogP contribution in [0.1, 0.15) is 12.8 Å². The van der Waals surface area contributed by atoms with Crippen LogP contribution < -0.4 is 5.11 Å². The summed E-state index contributed by atoms with van der Waals surface area (Å²) in [6, 6.07) is 0. The monoisotopic (exact) mass is 111 g/mol. The fraction of sp³-hybridized carbons (Fsp3) is 0.500. The van der Waals surface area contributed by atoms with Gasteiger partial charge in [0, 0.05) is 11.9 Å². The number of hydrogen-bond acceptors (Lipinski definition) is 2. The van der Waals surface area contributed by atoms with Gasteiger partial charge in [-0.25, -0.2) is 0 Å². The standard InChI is InChI=1S/C6H8O2/c7-6(8)5-3-1-2-4-5/h1,3,5H,2,4H2,(H,7,8)/p-1. The molecule has 0 aliphatic heterocycles. The Balaban J connectivity index is 2.48. The van der Waals surface area contributed by atoms with Crippen molar-refractivity contribution in [3.63, 3.8) is 0 Å². The Hall–Kier alpha value is -0.790. The molecule has 0 N–H and O–H groups in total. The third-order valence-corrected chi connectivity index (χ3v) is 1.32. The van der Waals surface area contributed by atoms with Crippen LogP contribution in [0.4, 0.5) is 0 Å². The van der Waals surface area contributed by atoms with Crippen molar-refractivity contribution >= 4 is 5.97 Å². The molecule has 1 aliphatic rings. The van der Waals surface area contributed by atoms with Crippen LogP contribution in [0.2, 0.25) is 0 Å². The first kappa shape index (κ1) is 5.35. The fourth-order valence-electron chi connectivity index (χ4n) is 0.829. The SMILES string of the molecule is O=C([O-])C1C=CCC1. The van der Waals surface area contributed by atoms with Gasteiger partial charge in [0.15, 0.2) is 0 Å². The van der Waals surface area contributed by atoms with Crippen molar-refractivity contribution in [2.24, 2.45) is 5.92 Å². The average molecular weight is 111 g/mol. The lowest BCUT2D eigenvalue weighted by Crippen LogP contribution is -2.28. The third kappa shape index (κ3) is 0.886. The minimum atomic E-state index is -0.946. The van der Waals surface area contributed by atoms with Gasteiger partial charge in [0.1, 0.15) is 0 Å². The summed E-state index contributed by atoms with van der Waals surface area (Å²) < 4.78 is 0. The predicted molar refractivity (Wildman–Crippen MR) is 26.9 cm³/mol. The minimum absolute atomic E-state index is 0.310. The summed E-state index contributed by atoms with van der Waals surface area (Å²) in [5.41, 5.74) is 0. The molecule has 2 heteroatoms. The van der Waals surface area contributed by atoms with Gasteiger partial charge in [-0.1, -0.05) is 12.2 Å². The van der Waals surface area contributed by atoms with Gasteiger partial charge in [0.25, 0.3) is 0 Å². The highest BCUT2D eigenvalue weighted by Gasteiger charge is 2.08. The van der Waals surface area contributed by atoms with Crippen molar-refractivity contribution < 1.29 is 9.90 Å². The summed E-state index contributed by atoms with van der Waals surface area (Å²) in [5.74, 6) is -1.26. The molecule has 0 spiro atoms. The number of carbonyl (C=O) groups excluding carboxylic acids is 1. The van der Waals surface area contributed by atoms with E-state index >= 15 is 0 Å². The number of allylic oxidation sites excluding steroid dienone is 1. The molecule has 2 nitrogen and oxygen atoms in total. The van der Waals surface area contributed by atoms with Crippen molar-refractivity contribution in [1.82, 2.24) is 0 Å². The van der Waals surface area contributed by atoms with Crippen LogP contribution in [0.15, 0.2) is 12.2 Å². The Bertz CT molecular complexity index is 126. The molecular weight excluding hydrogens is 104 g/mol. The Morgan fingerprint density at radius 3 is 2.75 bits per heavy atom. The summed E-state index contributed by atoms with van der Waals surface area (Å²) in [7, 11) is 0. The van der Waals surface area contributed by atoms with Gasteiger partial charge < -0.3 is 9.90 Å². The van der Waals surface area contributed by atoms with Crippen LogP contribution in [-0.4, -0.2) is 5.97 Å². The Morgan fingerprint density at radius 2 is 2.50 bits per heavy atom. The van der Waals surface area contributed by atoms with Gasteiger partial charge in [0.2, 0.25) is 0 Å². The summed E-state index contributed by atoms with van der Waals surface area (Å²) in [4.78, 5) is 10.0. The van der Waals surface area contributed by atoms with E-state index in [9.17, 15) is 9.90 Å². The lowest BCUT2D eigenvalue weighted by Gasteiger charge is -2.05. The third-order valence-electron chi connectivity index (χ3n) is 1.32. The molecule has 0 aromatic rings. The normalized spacial score (nSPS) is 26.2. The number of rotatable bonds is 1. The van der Waals surface area contributed by atoms with Crippen LogP contribution in [0.5, 0.6) is 0 Å². The molecule has 1 atom stereocenters. The predicted octanol–water partition coefficient (Wildman–Crippen LogP) is -0.298. The second-order valence-corrected chi connectivity index (χ2v) is 1.93. The fourth-order valence-corrected chi connectivity index (χ4v) is 0.829. The highest BCUT2D eigenvalue weighted by atomic mass is 16.4. The van der Waals surface area contributed by atoms with Crippen LogP contribution in [0, 0.1) is 5.92 Å². The first-order valence-electron chi connectivity index (χ1n) is 2.68. The van der Waals surface area contributed by atoms with Crippen molar-refractivity contribution in [1.29, 1.82) is 0 Å². The van der Waals surface area contributed by atoms with Crippen molar-refractivity contribution in [2.75, 3.05) is 0 Å². The van der Waals surface area contributed by atoms with E-state index in [2.05, 4.69) is 0 Å². The molecule has 0 radical (unpaired) electrons. The smallest absolute Gasteiger partial charge is 0.0483 e. The van der Waals surface area contributed by atoms with Crippen LogP contribution in [0.3, 0.4) is 0 Å². The lowest BCUT2D eigenvalue weighted by atomic mass is 10.1. The Morgan fingerprint density at radius 1 is 1.75 bits per heavy atom. The number of hydrogen-bond donors (Lipinski definition) is 0. The number of carboxylic acids is 1. The molecule has 0 aromatic heterocycles. The Kier molecular flexibility index (Phi) is 1.33. The lowest BCUT2D eigenvalue weighted by molar-refractivity contribution is -0.309. The van der Waals surface area contributed by atoms with E-state index in [1.54, 1.807) is 6.08 Å². The highest BCUT2D eigenvalue weighted by Crippen LogP contribution is 2.14. The van der Waals surface area contributed by atoms with E-state index in [-0.39, 0.29) is 5.92 Å². The molecule has 44 valence electrons. The number of carboxylic acid groups (broad SMARTS) is 1. The first-order valence-corrected chi connectivity index (χ1v) is 2.68. The molecule has 0 bridgehead atoms. The van der Waals surface area contributed by atoms with E-state index in [1.807, 2.05) is 6.08 Å². The van der Waals surface area contributed by atoms with E-state index in [4.69, 9.17) is 0 Å². The average Bonchev–Trinajstić information content (AvgIpc) is 2.12. The molecule has 0 aromatic carbocycles. The molecule has 0 amide bonds. The van der Waals surface area contributed by atoms with Crippen molar-refractivity contribution in [2.45, 2.75) is 12.8 Å². The van der Waals surface area contributed by atoms with E-state index in [0.717, 1.165) is 12.8 Å². The van der Waals surface area contributed by atoms with Crippen LogP contribution in [0.25, 0.3) is 0 Å². The maximum Gasteiger partial charge on any atom is 0.0483 e. The zero-order valence-electron chi connectivity index (χ0n) is 4.46. The molecule has 0 saturated carbocycles. The number of carbonyl (C=O) groups is 1. The summed E-state index contributed by atoms with van der Waals surface area (Å²) >= 11 is 0. The van der Waals surface area contributed by atoms with Gasteiger partial charge in [-0.05, 0) is 12.8 Å². The maximum absolute atomic E-state index is 10.0. The summed E-state index contributed by atoms with van der Waals surface area (Å²) in [6.45, 7) is 0. The van der Waals surface area contributed by atoms with Crippen molar-refractivity contribution in [3.05, 3.63) is 12.2 Å². The van der Waals surface area contributed by atoms with E-state index < -0.39 is 5.97 Å². The van der Waals surface area contributed by atoms with E-state index in [0.29, 0.717) is 0 Å². The summed E-state index contributed by atoms with van der Waals surface area (Å²) in [6.07, 6.45) is 5.18. The molecule has 0 heterocycles. The summed E-state index contributed by atoms with van der Waals surface area (Å²) in [5, 5.41) is 10.0. The first-order chi connectivity index (χ1) is 3.80. The molecule has 8 heavy (non-hydrogen) atoms. The second kappa shape index (κ2) is 1.99. The van der Waals surface area contributed by atoms with Crippen LogP contribution in [-0.2, 0) is 4.79 Å². The molecule has 1 aliphatic carbocycles. The van der Waals surface area contributed by atoms with Crippen molar-refractivity contribution in [3.8, 4) is 0 Å². The molecule has 1 rings (SSSR count). The highest BCUT2D eigenvalue weighted by molar-refractivity contribution is 5.70. The molecule has 0 saturated heterocycles. The Labute approximate surface area is 47.8 Å². The second-order valence-electron chi connectivity index (χ2n) is 1.93. The quantitative estimate of drug-likeness (QED) is 0.436. The zero-order valence-corrected chi connectivity index (χ0v) is 4.46. The van der Waals surface area contributed by atoms with Crippen LogP contribution >= 0.6 is 0 Å². The zero-order chi connectivity index (χ0) is 5.98. The van der Waals surface area contributed by atoms with Gasteiger partial charge >= 0.3 is 0 Å². The topological polar surface area (TPSA) is 40.1 Å². The van der Waals surface area contributed by atoms with Gasteiger partial charge in [-0.2, -0.15) is 0 Å². The van der Waals surface area contributed by atoms with Gasteiger partial charge in [-0.3, -0.25) is 0 Å².